The maximum Gasteiger partial charge on any atom is 0.331 e. The lowest BCUT2D eigenvalue weighted by atomic mass is 10.1. The summed E-state index contributed by atoms with van der Waals surface area (Å²) in [6.45, 7) is 1.36. The molecule has 3 aromatic rings. The van der Waals surface area contributed by atoms with Crippen molar-refractivity contribution in [3.8, 4) is 0 Å². The molecule has 27 heavy (non-hydrogen) atoms. The van der Waals surface area contributed by atoms with Gasteiger partial charge in [0, 0.05) is 10.5 Å². The molecule has 0 aliphatic heterocycles. The lowest BCUT2D eigenvalue weighted by molar-refractivity contribution is -0.0304. The molecule has 6 nitrogen and oxygen atoms in total. The second-order valence-corrected chi connectivity index (χ2v) is 6.97. The highest BCUT2D eigenvalue weighted by atomic mass is 32.2. The topological polar surface area (TPSA) is 84.3 Å². The number of aromatic amines is 1. The Morgan fingerprint density at radius 2 is 1.70 bits per heavy atom. The number of H-pyrrole nitrogens is 1. The normalized spacial score (nSPS) is 12.1. The van der Waals surface area contributed by atoms with Crippen LogP contribution in [0.25, 0.3) is 0 Å². The van der Waals surface area contributed by atoms with Crippen LogP contribution >= 0.6 is 11.8 Å². The summed E-state index contributed by atoms with van der Waals surface area (Å²) in [5, 5.41) is 10.2. The number of nitrogens with one attached hydrogen (secondary N) is 1. The summed E-state index contributed by atoms with van der Waals surface area (Å²) in [7, 11) is 0. The molecule has 3 rings (SSSR count). The molecule has 0 aliphatic carbocycles. The highest BCUT2D eigenvalue weighted by Gasteiger charge is 2.16. The number of nitrogens with zero attached hydrogens (tertiary/aromatic N) is 1. The van der Waals surface area contributed by atoms with Gasteiger partial charge in [-0.15, -0.1) is 0 Å². The minimum Gasteiger partial charge on any atom is -0.393 e. The molecule has 0 amide bonds. The SMILES string of the molecule is Cc1c(Sc2ccccc2)n(COC(CO)c2ccccc2)c(=O)[nH]c1=O. The van der Waals surface area contributed by atoms with Gasteiger partial charge in [0.1, 0.15) is 12.8 Å². The minimum atomic E-state index is -0.570. The summed E-state index contributed by atoms with van der Waals surface area (Å²) in [5.74, 6) is 0. The number of hydrogen-bond donors (Lipinski definition) is 2. The second-order valence-electron chi connectivity index (χ2n) is 5.91. The Labute approximate surface area is 160 Å². The molecule has 0 spiro atoms. The van der Waals surface area contributed by atoms with Crippen molar-refractivity contribution in [1.29, 1.82) is 0 Å². The zero-order valence-electron chi connectivity index (χ0n) is 14.8. The van der Waals surface area contributed by atoms with E-state index in [1.165, 1.54) is 16.3 Å². The van der Waals surface area contributed by atoms with Crippen LogP contribution in [0, 0.1) is 6.92 Å². The fraction of sp³-hybridized carbons (Fsp3) is 0.200. The highest BCUT2D eigenvalue weighted by Crippen LogP contribution is 2.28. The molecule has 1 heterocycles. The number of rotatable bonds is 7. The molecule has 0 aliphatic rings. The smallest absolute Gasteiger partial charge is 0.331 e. The Morgan fingerprint density at radius 3 is 2.33 bits per heavy atom. The van der Waals surface area contributed by atoms with E-state index >= 15 is 0 Å². The molecule has 140 valence electrons. The fourth-order valence-electron chi connectivity index (χ4n) is 2.59. The van der Waals surface area contributed by atoms with Crippen molar-refractivity contribution in [3.05, 3.63) is 92.6 Å². The average molecular weight is 384 g/mol. The predicted molar refractivity (Wildman–Crippen MR) is 104 cm³/mol. The lowest BCUT2D eigenvalue weighted by Gasteiger charge is -2.19. The summed E-state index contributed by atoms with van der Waals surface area (Å²) in [4.78, 5) is 27.7. The van der Waals surface area contributed by atoms with Crippen molar-refractivity contribution in [1.82, 2.24) is 9.55 Å². The number of aliphatic hydroxyl groups excluding tert-OH is 1. The summed E-state index contributed by atoms with van der Waals surface area (Å²) in [6, 6.07) is 18.8. The van der Waals surface area contributed by atoms with E-state index < -0.39 is 17.4 Å². The third kappa shape index (κ3) is 4.57. The van der Waals surface area contributed by atoms with E-state index in [-0.39, 0.29) is 13.3 Å². The zero-order valence-corrected chi connectivity index (χ0v) is 15.6. The van der Waals surface area contributed by atoms with Crippen LogP contribution in [0.2, 0.25) is 0 Å². The van der Waals surface area contributed by atoms with Crippen LogP contribution < -0.4 is 11.2 Å². The molecule has 1 unspecified atom stereocenters. The first-order chi connectivity index (χ1) is 13.1. The van der Waals surface area contributed by atoms with Crippen LogP contribution in [0.3, 0.4) is 0 Å². The first-order valence-electron chi connectivity index (χ1n) is 8.44. The summed E-state index contributed by atoms with van der Waals surface area (Å²) < 4.78 is 7.17. The van der Waals surface area contributed by atoms with E-state index in [0.717, 1.165) is 10.5 Å². The average Bonchev–Trinajstić information content (AvgIpc) is 2.70. The molecular formula is C20H20N2O4S. The molecule has 0 saturated heterocycles. The molecule has 2 aromatic carbocycles. The molecule has 1 atom stereocenters. The number of aliphatic hydroxyl groups is 1. The Morgan fingerprint density at radius 1 is 1.07 bits per heavy atom. The standard InChI is InChI=1S/C20H20N2O4S/c1-14-18(24)21-20(25)22(19(14)27-16-10-6-3-7-11-16)13-26-17(12-23)15-8-4-2-5-9-15/h2-11,17,23H,12-13H2,1H3,(H,21,24,25). The van der Waals surface area contributed by atoms with Gasteiger partial charge in [-0.1, -0.05) is 60.3 Å². The van der Waals surface area contributed by atoms with Crippen molar-refractivity contribution in [2.24, 2.45) is 0 Å². The van der Waals surface area contributed by atoms with Gasteiger partial charge >= 0.3 is 5.69 Å². The van der Waals surface area contributed by atoms with Gasteiger partial charge in [0.2, 0.25) is 0 Å². The van der Waals surface area contributed by atoms with E-state index in [1.807, 2.05) is 60.7 Å². The quantitative estimate of drug-likeness (QED) is 0.612. The van der Waals surface area contributed by atoms with E-state index in [1.54, 1.807) is 6.92 Å². The molecule has 7 heteroatoms. The van der Waals surface area contributed by atoms with Gasteiger partial charge in [-0.3, -0.25) is 14.3 Å². The second kappa shape index (κ2) is 8.85. The third-order valence-corrected chi connectivity index (χ3v) is 5.30. The molecule has 0 fully saturated rings. The van der Waals surface area contributed by atoms with Crippen molar-refractivity contribution in [2.75, 3.05) is 6.61 Å². The van der Waals surface area contributed by atoms with E-state index in [4.69, 9.17) is 4.74 Å². The number of benzene rings is 2. The van der Waals surface area contributed by atoms with E-state index in [0.29, 0.717) is 10.6 Å². The third-order valence-electron chi connectivity index (χ3n) is 4.07. The van der Waals surface area contributed by atoms with Gasteiger partial charge < -0.3 is 9.84 Å². The van der Waals surface area contributed by atoms with Crippen LogP contribution in [0.5, 0.6) is 0 Å². The van der Waals surface area contributed by atoms with Crippen molar-refractivity contribution in [3.63, 3.8) is 0 Å². The van der Waals surface area contributed by atoms with Gasteiger partial charge in [0.05, 0.1) is 11.6 Å². The van der Waals surface area contributed by atoms with Gasteiger partial charge in [0.15, 0.2) is 0 Å². The predicted octanol–water partition coefficient (Wildman–Crippen LogP) is 2.70. The van der Waals surface area contributed by atoms with Crippen LogP contribution in [0.15, 0.2) is 80.2 Å². The van der Waals surface area contributed by atoms with Crippen LogP contribution in [-0.4, -0.2) is 21.3 Å². The lowest BCUT2D eigenvalue weighted by Crippen LogP contribution is -2.34. The number of ether oxygens (including phenoxy) is 1. The first-order valence-corrected chi connectivity index (χ1v) is 9.26. The maximum absolute atomic E-state index is 12.4. The molecule has 0 bridgehead atoms. The van der Waals surface area contributed by atoms with E-state index in [9.17, 15) is 14.7 Å². The highest BCUT2D eigenvalue weighted by molar-refractivity contribution is 7.99. The van der Waals surface area contributed by atoms with Gasteiger partial charge in [-0.25, -0.2) is 4.79 Å². The molecule has 1 aromatic heterocycles. The van der Waals surface area contributed by atoms with Crippen molar-refractivity contribution >= 4 is 11.8 Å². The van der Waals surface area contributed by atoms with Gasteiger partial charge in [0.25, 0.3) is 5.56 Å². The largest absolute Gasteiger partial charge is 0.393 e. The summed E-state index contributed by atoms with van der Waals surface area (Å²) in [6.07, 6.45) is -0.570. The van der Waals surface area contributed by atoms with E-state index in [2.05, 4.69) is 4.98 Å². The minimum absolute atomic E-state index is 0.0915. The molecular weight excluding hydrogens is 364 g/mol. The van der Waals surface area contributed by atoms with Crippen molar-refractivity contribution < 1.29 is 9.84 Å². The molecule has 0 saturated carbocycles. The fourth-order valence-corrected chi connectivity index (χ4v) is 3.59. The Kier molecular flexibility index (Phi) is 6.28. The maximum atomic E-state index is 12.4. The Hall–Kier alpha value is -2.61. The van der Waals surface area contributed by atoms with Crippen molar-refractivity contribution in [2.45, 2.75) is 29.7 Å². The van der Waals surface area contributed by atoms with Crippen LogP contribution in [-0.2, 0) is 11.5 Å². The van der Waals surface area contributed by atoms with Gasteiger partial charge in [-0.05, 0) is 24.6 Å². The van der Waals surface area contributed by atoms with Gasteiger partial charge in [-0.2, -0.15) is 0 Å². The number of aromatic nitrogens is 2. The molecule has 2 N–H and O–H groups in total. The molecule has 0 radical (unpaired) electrons. The Bertz CT molecular complexity index is 1000. The van der Waals surface area contributed by atoms with Crippen LogP contribution in [0.1, 0.15) is 17.2 Å². The zero-order chi connectivity index (χ0) is 19.2. The first kappa shape index (κ1) is 19.2. The Balaban J connectivity index is 1.91. The summed E-state index contributed by atoms with van der Waals surface area (Å²) >= 11 is 1.32. The number of hydrogen-bond acceptors (Lipinski definition) is 5. The summed E-state index contributed by atoms with van der Waals surface area (Å²) in [5.41, 5.74) is 0.281. The van der Waals surface area contributed by atoms with Crippen LogP contribution in [0.4, 0.5) is 0 Å². The monoisotopic (exact) mass is 384 g/mol.